The lowest BCUT2D eigenvalue weighted by atomic mass is 9.93. The topological polar surface area (TPSA) is 55.6 Å². The molecule has 0 radical (unpaired) electrons. The van der Waals surface area contributed by atoms with E-state index in [9.17, 15) is 4.79 Å². The van der Waals surface area contributed by atoms with Gasteiger partial charge in [-0.1, -0.05) is 20.8 Å². The summed E-state index contributed by atoms with van der Waals surface area (Å²) in [7, 11) is 3.42. The van der Waals surface area contributed by atoms with Gasteiger partial charge >= 0.3 is 0 Å². The molecule has 0 bridgehead atoms. The molecule has 0 saturated carbocycles. The Kier molecular flexibility index (Phi) is 5.83. The Morgan fingerprint density at radius 1 is 1.53 bits per heavy atom. The van der Waals surface area contributed by atoms with E-state index in [2.05, 4.69) is 13.8 Å². The van der Waals surface area contributed by atoms with Crippen molar-refractivity contribution < 1.29 is 9.53 Å². The monoisotopic (exact) mass is 216 g/mol. The van der Waals surface area contributed by atoms with Crippen LogP contribution in [0, 0.1) is 11.3 Å². The predicted octanol–water partition coefficient (Wildman–Crippen LogP) is 0.712. The summed E-state index contributed by atoms with van der Waals surface area (Å²) in [6.07, 6.45) is 0. The van der Waals surface area contributed by atoms with Crippen LogP contribution in [0.3, 0.4) is 0 Å². The number of ether oxygens (including phenoxy) is 1. The molecule has 1 unspecified atom stereocenters. The first-order valence-electron chi connectivity index (χ1n) is 5.28. The van der Waals surface area contributed by atoms with Crippen LogP contribution in [0.1, 0.15) is 20.8 Å². The normalized spacial score (nSPS) is 13.7. The zero-order valence-corrected chi connectivity index (χ0v) is 10.5. The molecule has 4 nitrogen and oxygen atoms in total. The molecule has 0 aliphatic rings. The average molecular weight is 216 g/mol. The molecule has 0 aliphatic carbocycles. The van der Waals surface area contributed by atoms with Gasteiger partial charge in [-0.2, -0.15) is 0 Å². The van der Waals surface area contributed by atoms with Gasteiger partial charge in [0, 0.05) is 20.7 Å². The van der Waals surface area contributed by atoms with Crippen LogP contribution in [-0.2, 0) is 9.53 Å². The van der Waals surface area contributed by atoms with Crippen LogP contribution in [0.15, 0.2) is 0 Å². The largest absolute Gasteiger partial charge is 0.384 e. The predicted molar refractivity (Wildman–Crippen MR) is 61.5 cm³/mol. The second-order valence-electron chi connectivity index (χ2n) is 4.92. The maximum atomic E-state index is 11.8. The summed E-state index contributed by atoms with van der Waals surface area (Å²) in [6, 6.07) is 0. The number of methoxy groups -OCH3 is 1. The standard InChI is InChI=1S/C11H24N2O2/c1-9(6-15-5)10(14)13(4)8-11(2,3)7-12/h9H,6-8,12H2,1-5H3. The number of carbonyl (C=O) groups excluding carboxylic acids is 1. The van der Waals surface area contributed by atoms with Crippen molar-refractivity contribution >= 4 is 5.91 Å². The van der Waals surface area contributed by atoms with E-state index in [0.29, 0.717) is 19.7 Å². The van der Waals surface area contributed by atoms with E-state index < -0.39 is 0 Å². The highest BCUT2D eigenvalue weighted by Gasteiger charge is 2.23. The summed E-state index contributed by atoms with van der Waals surface area (Å²) in [5.41, 5.74) is 5.60. The van der Waals surface area contributed by atoms with Crippen molar-refractivity contribution in [3.05, 3.63) is 0 Å². The van der Waals surface area contributed by atoms with Crippen molar-refractivity contribution in [1.82, 2.24) is 4.90 Å². The van der Waals surface area contributed by atoms with Crippen molar-refractivity contribution in [3.8, 4) is 0 Å². The average Bonchev–Trinajstić information content (AvgIpc) is 2.16. The second kappa shape index (κ2) is 6.08. The summed E-state index contributed by atoms with van der Waals surface area (Å²) in [6.45, 7) is 7.69. The Labute approximate surface area is 92.8 Å². The molecule has 0 aromatic rings. The Morgan fingerprint density at radius 3 is 2.47 bits per heavy atom. The fraction of sp³-hybridized carbons (Fsp3) is 0.909. The lowest BCUT2D eigenvalue weighted by Gasteiger charge is -2.30. The number of nitrogens with zero attached hydrogens (tertiary/aromatic N) is 1. The minimum absolute atomic E-state index is 0.0306. The fourth-order valence-corrected chi connectivity index (χ4v) is 1.48. The molecular formula is C11H24N2O2. The number of hydrogen-bond acceptors (Lipinski definition) is 3. The molecule has 2 N–H and O–H groups in total. The van der Waals surface area contributed by atoms with E-state index in [4.69, 9.17) is 10.5 Å². The van der Waals surface area contributed by atoms with Crippen LogP contribution < -0.4 is 5.73 Å². The molecule has 4 heteroatoms. The minimum Gasteiger partial charge on any atom is -0.384 e. The van der Waals surface area contributed by atoms with E-state index in [0.717, 1.165) is 0 Å². The Balaban J connectivity index is 4.21. The summed E-state index contributed by atoms with van der Waals surface area (Å²) >= 11 is 0. The molecule has 0 aromatic heterocycles. The number of nitrogens with two attached hydrogens (primary N) is 1. The first kappa shape index (κ1) is 14.4. The Bertz CT molecular complexity index is 205. The number of rotatable bonds is 6. The molecule has 0 aromatic carbocycles. The molecule has 1 amide bonds. The maximum absolute atomic E-state index is 11.8. The number of carbonyl (C=O) groups is 1. The van der Waals surface area contributed by atoms with E-state index in [-0.39, 0.29) is 17.2 Å². The number of amides is 1. The van der Waals surface area contributed by atoms with Crippen LogP contribution in [-0.4, -0.2) is 44.7 Å². The minimum atomic E-state index is -0.0893. The van der Waals surface area contributed by atoms with Gasteiger partial charge in [0.15, 0.2) is 0 Å². The van der Waals surface area contributed by atoms with E-state index in [1.54, 1.807) is 12.0 Å². The number of hydrogen-bond donors (Lipinski definition) is 1. The summed E-state index contributed by atoms with van der Waals surface area (Å²) in [5.74, 6) is 0.0203. The Hall–Kier alpha value is -0.610. The summed E-state index contributed by atoms with van der Waals surface area (Å²) in [5, 5.41) is 0. The van der Waals surface area contributed by atoms with Crippen molar-refractivity contribution in [2.75, 3.05) is 33.9 Å². The quantitative estimate of drug-likeness (QED) is 0.711. The van der Waals surface area contributed by atoms with Crippen LogP contribution >= 0.6 is 0 Å². The molecule has 1 atom stereocenters. The van der Waals surface area contributed by atoms with Gasteiger partial charge in [0.25, 0.3) is 0 Å². The van der Waals surface area contributed by atoms with Crippen LogP contribution in [0.4, 0.5) is 0 Å². The van der Waals surface area contributed by atoms with Gasteiger partial charge in [-0.25, -0.2) is 0 Å². The van der Waals surface area contributed by atoms with Crippen molar-refractivity contribution in [2.24, 2.45) is 17.1 Å². The molecule has 0 saturated heterocycles. The third kappa shape index (κ3) is 5.14. The van der Waals surface area contributed by atoms with Gasteiger partial charge < -0.3 is 15.4 Å². The van der Waals surface area contributed by atoms with Crippen LogP contribution in [0.25, 0.3) is 0 Å². The van der Waals surface area contributed by atoms with Gasteiger partial charge in [0.2, 0.25) is 5.91 Å². The fourth-order valence-electron chi connectivity index (χ4n) is 1.48. The molecule has 90 valence electrons. The summed E-state index contributed by atoms with van der Waals surface area (Å²) < 4.78 is 4.96. The molecule has 0 spiro atoms. The Morgan fingerprint density at radius 2 is 2.07 bits per heavy atom. The first-order valence-corrected chi connectivity index (χ1v) is 5.28. The highest BCUT2D eigenvalue weighted by molar-refractivity contribution is 5.78. The third-order valence-corrected chi connectivity index (χ3v) is 2.43. The SMILES string of the molecule is COCC(C)C(=O)N(C)CC(C)(C)CN. The van der Waals surface area contributed by atoms with Crippen molar-refractivity contribution in [1.29, 1.82) is 0 Å². The molecule has 0 aliphatic heterocycles. The van der Waals surface area contributed by atoms with Crippen LogP contribution in [0.5, 0.6) is 0 Å². The third-order valence-electron chi connectivity index (χ3n) is 2.43. The van der Waals surface area contributed by atoms with E-state index >= 15 is 0 Å². The van der Waals surface area contributed by atoms with E-state index in [1.807, 2.05) is 14.0 Å². The van der Waals surface area contributed by atoms with Gasteiger partial charge in [-0.3, -0.25) is 4.79 Å². The lowest BCUT2D eigenvalue weighted by Crippen LogP contribution is -2.42. The summed E-state index contributed by atoms with van der Waals surface area (Å²) in [4.78, 5) is 13.6. The smallest absolute Gasteiger partial charge is 0.227 e. The van der Waals surface area contributed by atoms with Crippen molar-refractivity contribution in [2.45, 2.75) is 20.8 Å². The first-order chi connectivity index (χ1) is 6.84. The van der Waals surface area contributed by atoms with Gasteiger partial charge in [0.1, 0.15) is 0 Å². The molecule has 15 heavy (non-hydrogen) atoms. The zero-order chi connectivity index (χ0) is 12.1. The molecule has 0 fully saturated rings. The molecule has 0 heterocycles. The highest BCUT2D eigenvalue weighted by atomic mass is 16.5. The molecule has 0 rings (SSSR count). The van der Waals surface area contributed by atoms with Gasteiger partial charge in [0.05, 0.1) is 12.5 Å². The second-order valence-corrected chi connectivity index (χ2v) is 4.92. The maximum Gasteiger partial charge on any atom is 0.227 e. The highest BCUT2D eigenvalue weighted by Crippen LogP contribution is 2.15. The zero-order valence-electron chi connectivity index (χ0n) is 10.5. The van der Waals surface area contributed by atoms with Gasteiger partial charge in [-0.05, 0) is 12.0 Å². The molecular weight excluding hydrogens is 192 g/mol. The van der Waals surface area contributed by atoms with Crippen LogP contribution in [0.2, 0.25) is 0 Å². The van der Waals surface area contributed by atoms with E-state index in [1.165, 1.54) is 0 Å². The van der Waals surface area contributed by atoms with Crippen molar-refractivity contribution in [3.63, 3.8) is 0 Å². The van der Waals surface area contributed by atoms with Gasteiger partial charge in [-0.15, -0.1) is 0 Å². The lowest BCUT2D eigenvalue weighted by molar-refractivity contribution is -0.136.